The van der Waals surface area contributed by atoms with E-state index < -0.39 is 23.8 Å². The third-order valence-electron chi connectivity index (χ3n) is 5.79. The Hall–Kier alpha value is -2.22. The zero-order chi connectivity index (χ0) is 25.1. The van der Waals surface area contributed by atoms with Crippen LogP contribution in [0.2, 0.25) is 0 Å². The molecule has 190 valence electrons. The minimum Gasteiger partial charge on any atom is -0.444 e. The average Bonchev–Trinajstić information content (AvgIpc) is 2.74. The summed E-state index contributed by atoms with van der Waals surface area (Å²) in [6, 6.07) is 7.90. The van der Waals surface area contributed by atoms with Crippen molar-refractivity contribution in [1.82, 2.24) is 15.5 Å². The fourth-order valence-electron chi connectivity index (χ4n) is 3.86. The number of nitrogens with zero attached hydrogens (tertiary/aromatic N) is 1. The second-order valence-corrected chi connectivity index (χ2v) is 10.8. The van der Waals surface area contributed by atoms with Gasteiger partial charge in [0, 0.05) is 12.6 Å². The highest BCUT2D eigenvalue weighted by Crippen LogP contribution is 2.34. The molecule has 1 aliphatic carbocycles. The van der Waals surface area contributed by atoms with E-state index in [-0.39, 0.29) is 17.9 Å². The van der Waals surface area contributed by atoms with E-state index in [0.717, 1.165) is 37.7 Å². The molecule has 1 saturated carbocycles. The zero-order valence-corrected chi connectivity index (χ0v) is 22.1. The molecule has 0 heterocycles. The number of hydrogen-bond donors (Lipinski definition) is 2. The van der Waals surface area contributed by atoms with Crippen molar-refractivity contribution >= 4 is 29.7 Å². The van der Waals surface area contributed by atoms with Gasteiger partial charge in [0.15, 0.2) is 0 Å². The molecule has 2 rings (SSSR count). The van der Waals surface area contributed by atoms with E-state index in [1.54, 1.807) is 37.4 Å². The highest BCUT2D eigenvalue weighted by Gasteiger charge is 2.41. The predicted octanol–water partition coefficient (Wildman–Crippen LogP) is 4.67. The van der Waals surface area contributed by atoms with Crippen molar-refractivity contribution in [3.05, 3.63) is 35.9 Å². The summed E-state index contributed by atoms with van der Waals surface area (Å²) in [6.07, 6.45) is 6.36. The largest absolute Gasteiger partial charge is 0.444 e. The highest BCUT2D eigenvalue weighted by molar-refractivity contribution is 7.98. The second-order valence-electron chi connectivity index (χ2n) is 9.77. The minimum absolute atomic E-state index is 0.0353. The third kappa shape index (κ3) is 8.53. The Morgan fingerprint density at radius 2 is 1.85 bits per heavy atom. The predicted molar refractivity (Wildman–Crippen MR) is 138 cm³/mol. The summed E-state index contributed by atoms with van der Waals surface area (Å²) in [6.45, 7) is 8.01. The van der Waals surface area contributed by atoms with E-state index >= 15 is 0 Å². The summed E-state index contributed by atoms with van der Waals surface area (Å²) in [5.41, 5.74) is 0.106. The number of thioether (sulfide) groups is 1. The number of ether oxygens (including phenoxy) is 1. The van der Waals surface area contributed by atoms with Gasteiger partial charge in [0.25, 0.3) is 0 Å². The monoisotopic (exact) mass is 491 g/mol. The molecule has 0 aliphatic heterocycles. The van der Waals surface area contributed by atoms with E-state index in [1.165, 1.54) is 0 Å². The molecule has 0 radical (unpaired) electrons. The SMILES string of the molecule is CCCCNC(=O)C(c1ccccc1)N(C(=O)C(CCSC)NC(=O)OC(C)(C)C)C1CCC1. The molecule has 7 nitrogen and oxygen atoms in total. The van der Waals surface area contributed by atoms with Crippen LogP contribution >= 0.6 is 11.8 Å². The molecule has 0 spiro atoms. The Bertz CT molecular complexity index is 793. The zero-order valence-electron chi connectivity index (χ0n) is 21.3. The molecule has 34 heavy (non-hydrogen) atoms. The molecular weight excluding hydrogens is 450 g/mol. The summed E-state index contributed by atoms with van der Waals surface area (Å²) in [4.78, 5) is 41.7. The van der Waals surface area contributed by atoms with Crippen LogP contribution in [-0.4, -0.2) is 59.0 Å². The molecule has 3 amide bonds. The van der Waals surface area contributed by atoms with Gasteiger partial charge < -0.3 is 20.3 Å². The van der Waals surface area contributed by atoms with Crippen LogP contribution in [0.4, 0.5) is 4.79 Å². The van der Waals surface area contributed by atoms with Crippen LogP contribution in [0.15, 0.2) is 30.3 Å². The lowest BCUT2D eigenvalue weighted by Crippen LogP contribution is -2.57. The molecule has 1 aromatic carbocycles. The molecular formula is C26H41N3O4S. The first-order valence-electron chi connectivity index (χ1n) is 12.3. The van der Waals surface area contributed by atoms with Gasteiger partial charge >= 0.3 is 6.09 Å². The fourth-order valence-corrected chi connectivity index (χ4v) is 4.34. The molecule has 2 atom stereocenters. The van der Waals surface area contributed by atoms with E-state index in [0.29, 0.717) is 18.7 Å². The first kappa shape index (κ1) is 28.0. The van der Waals surface area contributed by atoms with Crippen LogP contribution in [0.25, 0.3) is 0 Å². The number of hydrogen-bond acceptors (Lipinski definition) is 5. The Kier molecular flexibility index (Phi) is 11.2. The molecule has 0 saturated heterocycles. The van der Waals surface area contributed by atoms with Gasteiger partial charge in [0.05, 0.1) is 0 Å². The molecule has 2 N–H and O–H groups in total. The van der Waals surface area contributed by atoms with Crippen molar-refractivity contribution < 1.29 is 19.1 Å². The van der Waals surface area contributed by atoms with Gasteiger partial charge in [-0.25, -0.2) is 4.79 Å². The fraction of sp³-hybridized carbons (Fsp3) is 0.654. The number of rotatable bonds is 12. The van der Waals surface area contributed by atoms with Crippen molar-refractivity contribution in [1.29, 1.82) is 0 Å². The van der Waals surface area contributed by atoms with Gasteiger partial charge in [0.1, 0.15) is 17.7 Å². The van der Waals surface area contributed by atoms with Gasteiger partial charge in [-0.05, 0) is 70.4 Å². The summed E-state index contributed by atoms with van der Waals surface area (Å²) < 4.78 is 5.43. The van der Waals surface area contributed by atoms with Gasteiger partial charge in [-0.3, -0.25) is 9.59 Å². The number of unbranched alkanes of at least 4 members (excludes halogenated alkanes) is 1. The molecule has 1 fully saturated rings. The number of amides is 3. The van der Waals surface area contributed by atoms with Crippen molar-refractivity contribution in [3.63, 3.8) is 0 Å². The lowest BCUT2D eigenvalue weighted by molar-refractivity contribution is -0.147. The van der Waals surface area contributed by atoms with Gasteiger partial charge in [0.2, 0.25) is 11.8 Å². The van der Waals surface area contributed by atoms with E-state index in [9.17, 15) is 14.4 Å². The standard InChI is InChI=1S/C26H41N3O4S/c1-6-7-17-27-23(30)22(19-12-9-8-10-13-19)29(20-14-11-15-20)24(31)21(16-18-34-5)28-25(32)33-26(2,3)4/h8-10,12-13,20-22H,6-7,11,14-18H2,1-5H3,(H,27,30)(H,28,32). The van der Waals surface area contributed by atoms with E-state index in [1.807, 2.05) is 36.6 Å². The highest BCUT2D eigenvalue weighted by atomic mass is 32.2. The Morgan fingerprint density at radius 1 is 1.18 bits per heavy atom. The number of carbonyl (C=O) groups is 3. The Balaban J connectivity index is 2.37. The van der Waals surface area contributed by atoms with Crippen LogP contribution in [0.5, 0.6) is 0 Å². The quantitative estimate of drug-likeness (QED) is 0.415. The summed E-state index contributed by atoms with van der Waals surface area (Å²) in [7, 11) is 0. The van der Waals surface area contributed by atoms with Gasteiger partial charge in [-0.1, -0.05) is 43.7 Å². The average molecular weight is 492 g/mol. The summed E-state index contributed by atoms with van der Waals surface area (Å²) in [5.74, 6) is 0.286. The molecule has 0 aromatic heterocycles. The van der Waals surface area contributed by atoms with Crippen LogP contribution < -0.4 is 10.6 Å². The number of nitrogens with one attached hydrogen (secondary N) is 2. The van der Waals surface area contributed by atoms with Crippen molar-refractivity contribution in [3.8, 4) is 0 Å². The van der Waals surface area contributed by atoms with Crippen LogP contribution in [-0.2, 0) is 14.3 Å². The molecule has 1 aromatic rings. The summed E-state index contributed by atoms with van der Waals surface area (Å²) >= 11 is 1.61. The van der Waals surface area contributed by atoms with Crippen LogP contribution in [0.1, 0.15) is 77.8 Å². The maximum absolute atomic E-state index is 14.0. The second kappa shape index (κ2) is 13.6. The number of carbonyl (C=O) groups excluding carboxylic acids is 3. The molecule has 1 aliphatic rings. The number of benzene rings is 1. The third-order valence-corrected chi connectivity index (χ3v) is 6.44. The molecule has 2 unspecified atom stereocenters. The Morgan fingerprint density at radius 3 is 2.38 bits per heavy atom. The van der Waals surface area contributed by atoms with Crippen molar-refractivity contribution in [2.75, 3.05) is 18.6 Å². The smallest absolute Gasteiger partial charge is 0.408 e. The maximum atomic E-state index is 14.0. The normalized spacial score (nSPS) is 15.6. The number of alkyl carbamates (subject to hydrolysis) is 1. The topological polar surface area (TPSA) is 87.7 Å². The van der Waals surface area contributed by atoms with Gasteiger partial charge in [-0.2, -0.15) is 11.8 Å². The maximum Gasteiger partial charge on any atom is 0.408 e. The lowest BCUT2D eigenvalue weighted by atomic mass is 9.88. The molecule has 0 bridgehead atoms. The molecule has 8 heteroatoms. The lowest BCUT2D eigenvalue weighted by Gasteiger charge is -2.43. The first-order chi connectivity index (χ1) is 16.2. The van der Waals surface area contributed by atoms with Crippen LogP contribution in [0.3, 0.4) is 0 Å². The van der Waals surface area contributed by atoms with Crippen molar-refractivity contribution in [2.24, 2.45) is 0 Å². The minimum atomic E-state index is -0.766. The first-order valence-corrected chi connectivity index (χ1v) is 13.7. The summed E-state index contributed by atoms with van der Waals surface area (Å²) in [5, 5.41) is 5.82. The Labute approximate surface area is 208 Å². The van der Waals surface area contributed by atoms with E-state index in [4.69, 9.17) is 4.74 Å². The van der Waals surface area contributed by atoms with Crippen molar-refractivity contribution in [2.45, 2.75) is 89.9 Å². The van der Waals surface area contributed by atoms with Gasteiger partial charge in [-0.15, -0.1) is 0 Å². The van der Waals surface area contributed by atoms with Crippen LogP contribution in [0, 0.1) is 0 Å². The van der Waals surface area contributed by atoms with E-state index in [2.05, 4.69) is 17.6 Å².